The summed E-state index contributed by atoms with van der Waals surface area (Å²) in [6, 6.07) is 4.17. The zero-order chi connectivity index (χ0) is 21.5. The molecule has 0 aliphatic heterocycles. The Morgan fingerprint density at radius 2 is 1.83 bits per heavy atom. The number of aliphatic hydroxyl groups is 4. The number of hydrogen-bond acceptors (Lipinski definition) is 8. The lowest BCUT2D eigenvalue weighted by molar-refractivity contribution is -0.147. The number of amides is 1. The lowest BCUT2D eigenvalue weighted by atomic mass is 9.56. The molecule has 4 atom stereocenters. The normalized spacial score (nSPS) is 33.9. The number of Topliss-reactive ketones (excluding diaryl/α,β-unsaturated/α-hetero) is 2. The predicted molar refractivity (Wildman–Crippen MR) is 96.7 cm³/mol. The Bertz CT molecular complexity index is 1070. The Balaban J connectivity index is 1.99. The Hall–Kier alpha value is -3.17. The average Bonchev–Trinajstić information content (AvgIpc) is 2.62. The quantitative estimate of drug-likeness (QED) is 0.362. The van der Waals surface area contributed by atoms with E-state index in [-0.39, 0.29) is 24.0 Å². The molecule has 9 heteroatoms. The van der Waals surface area contributed by atoms with Gasteiger partial charge in [-0.3, -0.25) is 14.4 Å². The third-order valence-corrected chi connectivity index (χ3v) is 6.36. The summed E-state index contributed by atoms with van der Waals surface area (Å²) in [5, 5.41) is 53.5. The van der Waals surface area contributed by atoms with Crippen molar-refractivity contribution in [2.45, 2.75) is 31.0 Å². The van der Waals surface area contributed by atoms with Gasteiger partial charge in [-0.05, 0) is 25.0 Å². The van der Waals surface area contributed by atoms with Crippen molar-refractivity contribution in [3.63, 3.8) is 0 Å². The number of carbonyl (C=O) groups is 3. The SMILES string of the molecule is C[C@@]1(O)c2cccc(O)c2C(=O)C2=C(O)[C@]3(O)C(=O)C(C(N)=O)=C(O)C[C@@H]3C[C@@H]21. The molecule has 7 N–H and O–H groups in total. The predicted octanol–water partition coefficient (Wildman–Crippen LogP) is 0.245. The maximum Gasteiger partial charge on any atom is 0.255 e. The van der Waals surface area contributed by atoms with Gasteiger partial charge in [-0.2, -0.15) is 0 Å². The molecule has 1 aromatic rings. The fourth-order valence-electron chi connectivity index (χ4n) is 4.87. The number of carbonyl (C=O) groups excluding carboxylic acids is 3. The van der Waals surface area contributed by atoms with Crippen LogP contribution >= 0.6 is 0 Å². The van der Waals surface area contributed by atoms with Crippen LogP contribution in [0.1, 0.15) is 35.7 Å². The van der Waals surface area contributed by atoms with Crippen molar-refractivity contribution >= 4 is 17.5 Å². The van der Waals surface area contributed by atoms with Crippen molar-refractivity contribution < 1.29 is 39.9 Å². The lowest BCUT2D eigenvalue weighted by Crippen LogP contribution is -2.59. The second kappa shape index (κ2) is 5.68. The van der Waals surface area contributed by atoms with Crippen LogP contribution in [0.2, 0.25) is 0 Å². The van der Waals surface area contributed by atoms with E-state index in [0.717, 1.165) is 0 Å². The molecule has 0 aromatic heterocycles. The number of ketones is 2. The van der Waals surface area contributed by atoms with Crippen LogP contribution in [-0.2, 0) is 15.2 Å². The number of phenolic OH excluding ortho intramolecular Hbond substituents is 1. The molecule has 0 unspecified atom stereocenters. The van der Waals surface area contributed by atoms with Crippen LogP contribution in [0.25, 0.3) is 0 Å². The monoisotopic (exact) mass is 401 g/mol. The second-order valence-corrected chi connectivity index (χ2v) is 7.91. The molecular weight excluding hydrogens is 382 g/mol. The standard InChI is InChI=1S/C20H19NO8/c1-19(28)8-3-2-4-10(22)12(8)15(24)13-9(19)5-7-6-11(23)14(18(21)27)17(26)20(7,29)16(13)25/h2-4,7,9,22-23,25,28-29H,5-6H2,1H3,(H2,21,27)/t7-,9-,19+,20-/m0/s1. The number of fused-ring (bicyclic) bond motifs is 3. The fourth-order valence-corrected chi connectivity index (χ4v) is 4.87. The van der Waals surface area contributed by atoms with Gasteiger partial charge >= 0.3 is 0 Å². The number of aromatic hydroxyl groups is 1. The van der Waals surface area contributed by atoms with Gasteiger partial charge in [0.2, 0.25) is 5.78 Å². The number of aliphatic hydroxyl groups excluding tert-OH is 2. The molecule has 3 aliphatic rings. The van der Waals surface area contributed by atoms with Gasteiger partial charge in [0.1, 0.15) is 22.8 Å². The highest BCUT2D eigenvalue weighted by Gasteiger charge is 2.62. The average molecular weight is 401 g/mol. The Morgan fingerprint density at radius 3 is 2.45 bits per heavy atom. The van der Waals surface area contributed by atoms with Crippen molar-refractivity contribution in [3.05, 3.63) is 52.0 Å². The number of benzene rings is 1. The van der Waals surface area contributed by atoms with Crippen LogP contribution < -0.4 is 5.73 Å². The van der Waals surface area contributed by atoms with Crippen molar-refractivity contribution in [1.29, 1.82) is 0 Å². The summed E-state index contributed by atoms with van der Waals surface area (Å²) >= 11 is 0. The molecule has 1 aromatic carbocycles. The topological polar surface area (TPSA) is 178 Å². The van der Waals surface area contributed by atoms with Gasteiger partial charge in [-0.15, -0.1) is 0 Å². The molecule has 1 amide bonds. The fraction of sp³-hybridized carbons (Fsp3) is 0.350. The molecule has 0 saturated carbocycles. The number of phenols is 1. The van der Waals surface area contributed by atoms with E-state index in [1.54, 1.807) is 0 Å². The van der Waals surface area contributed by atoms with E-state index in [4.69, 9.17) is 5.73 Å². The van der Waals surface area contributed by atoms with E-state index in [0.29, 0.717) is 0 Å². The van der Waals surface area contributed by atoms with Crippen LogP contribution in [0.5, 0.6) is 5.75 Å². The zero-order valence-electron chi connectivity index (χ0n) is 15.3. The van der Waals surface area contributed by atoms with Crippen LogP contribution in [0.3, 0.4) is 0 Å². The van der Waals surface area contributed by atoms with Gasteiger partial charge in [0.05, 0.1) is 11.2 Å². The maximum absolute atomic E-state index is 13.1. The van der Waals surface area contributed by atoms with Gasteiger partial charge in [-0.25, -0.2) is 0 Å². The number of rotatable bonds is 1. The maximum atomic E-state index is 13.1. The summed E-state index contributed by atoms with van der Waals surface area (Å²) in [5.74, 6) is -7.60. The van der Waals surface area contributed by atoms with E-state index < -0.39 is 68.9 Å². The van der Waals surface area contributed by atoms with Crippen molar-refractivity contribution in [3.8, 4) is 5.75 Å². The molecule has 0 radical (unpaired) electrons. The van der Waals surface area contributed by atoms with Crippen LogP contribution in [0.4, 0.5) is 0 Å². The van der Waals surface area contributed by atoms with Crippen molar-refractivity contribution in [2.75, 3.05) is 0 Å². The Kier molecular flexibility index (Phi) is 3.75. The summed E-state index contributed by atoms with van der Waals surface area (Å²) in [7, 11) is 0. The lowest BCUT2D eigenvalue weighted by Gasteiger charge is -2.49. The molecule has 4 rings (SSSR count). The molecule has 0 heterocycles. The molecule has 0 spiro atoms. The zero-order valence-corrected chi connectivity index (χ0v) is 15.3. The van der Waals surface area contributed by atoms with Crippen LogP contribution in [-0.4, -0.2) is 48.6 Å². The summed E-state index contributed by atoms with van der Waals surface area (Å²) in [6.45, 7) is 1.40. The number of primary amides is 1. The van der Waals surface area contributed by atoms with Crippen LogP contribution in [0, 0.1) is 11.8 Å². The molecule has 29 heavy (non-hydrogen) atoms. The summed E-state index contributed by atoms with van der Waals surface area (Å²) < 4.78 is 0. The minimum absolute atomic E-state index is 0.147. The first kappa shape index (κ1) is 19.2. The van der Waals surface area contributed by atoms with E-state index in [2.05, 4.69) is 0 Å². The smallest absolute Gasteiger partial charge is 0.255 e. The molecule has 3 aliphatic carbocycles. The van der Waals surface area contributed by atoms with E-state index >= 15 is 0 Å². The van der Waals surface area contributed by atoms with Gasteiger partial charge in [-0.1, -0.05) is 12.1 Å². The van der Waals surface area contributed by atoms with Gasteiger partial charge in [0.25, 0.3) is 5.91 Å². The summed E-state index contributed by atoms with van der Waals surface area (Å²) in [6.07, 6.45) is -0.503. The first-order chi connectivity index (χ1) is 13.4. The molecule has 152 valence electrons. The second-order valence-electron chi connectivity index (χ2n) is 7.91. The number of allylic oxidation sites excluding steroid dienone is 1. The van der Waals surface area contributed by atoms with Gasteiger partial charge < -0.3 is 31.3 Å². The van der Waals surface area contributed by atoms with E-state index in [1.807, 2.05) is 0 Å². The number of nitrogens with two attached hydrogens (primary N) is 1. The molecule has 0 fully saturated rings. The van der Waals surface area contributed by atoms with E-state index in [9.17, 15) is 39.9 Å². The molecular formula is C20H19NO8. The summed E-state index contributed by atoms with van der Waals surface area (Å²) in [4.78, 5) is 37.5. The first-order valence-electron chi connectivity index (χ1n) is 8.96. The molecule has 0 saturated heterocycles. The third kappa shape index (κ3) is 2.19. The van der Waals surface area contributed by atoms with Crippen LogP contribution in [0.15, 0.2) is 40.9 Å². The van der Waals surface area contributed by atoms with Crippen molar-refractivity contribution in [1.82, 2.24) is 0 Å². The van der Waals surface area contributed by atoms with E-state index in [1.165, 1.54) is 25.1 Å². The van der Waals surface area contributed by atoms with Gasteiger partial charge in [0, 0.05) is 23.8 Å². The Labute approximate surface area is 164 Å². The Morgan fingerprint density at radius 1 is 1.17 bits per heavy atom. The highest BCUT2D eigenvalue weighted by molar-refractivity contribution is 6.24. The molecule has 0 bridgehead atoms. The summed E-state index contributed by atoms with van der Waals surface area (Å²) in [5.41, 5.74) is -0.597. The minimum atomic E-state index is -2.66. The highest BCUT2D eigenvalue weighted by Crippen LogP contribution is 2.55. The van der Waals surface area contributed by atoms with Crippen molar-refractivity contribution in [2.24, 2.45) is 17.6 Å². The first-order valence-corrected chi connectivity index (χ1v) is 8.96. The minimum Gasteiger partial charge on any atom is -0.511 e. The van der Waals surface area contributed by atoms with Gasteiger partial charge in [0.15, 0.2) is 11.4 Å². The number of hydrogen-bond donors (Lipinski definition) is 6. The largest absolute Gasteiger partial charge is 0.511 e. The highest BCUT2D eigenvalue weighted by atomic mass is 16.3. The third-order valence-electron chi connectivity index (χ3n) is 6.36. The molecule has 9 nitrogen and oxygen atoms in total.